The van der Waals surface area contributed by atoms with Crippen LogP contribution in [0.3, 0.4) is 0 Å². The first-order chi connectivity index (χ1) is 10.9. The maximum absolute atomic E-state index is 12.4. The number of carbonyl (C=O) groups excluding carboxylic acids is 1. The molecule has 23 heavy (non-hydrogen) atoms. The van der Waals surface area contributed by atoms with Crippen LogP contribution in [-0.2, 0) is 14.8 Å². The molecule has 1 aliphatic carbocycles. The van der Waals surface area contributed by atoms with Gasteiger partial charge in [0, 0.05) is 45.2 Å². The maximum atomic E-state index is 12.4. The highest BCUT2D eigenvalue weighted by atomic mass is 32.2. The van der Waals surface area contributed by atoms with Crippen molar-refractivity contribution < 1.29 is 13.2 Å². The van der Waals surface area contributed by atoms with E-state index in [1.807, 2.05) is 4.90 Å². The molecule has 2 rings (SSSR count). The van der Waals surface area contributed by atoms with E-state index in [1.165, 1.54) is 12.7 Å². The van der Waals surface area contributed by atoms with E-state index in [-0.39, 0.29) is 11.9 Å². The van der Waals surface area contributed by atoms with Gasteiger partial charge in [0.1, 0.15) is 0 Å². The van der Waals surface area contributed by atoms with Crippen molar-refractivity contribution in [3.63, 3.8) is 0 Å². The summed E-state index contributed by atoms with van der Waals surface area (Å²) in [5.74, 6) is 0.0882. The van der Waals surface area contributed by atoms with E-state index in [0.717, 1.165) is 58.4 Å². The van der Waals surface area contributed by atoms with E-state index in [2.05, 4.69) is 11.8 Å². The standard InChI is InChI=1S/C16H31N3O3S/c1-3-17-11-13-18(14-12-17)16(20)9-10-19(23(2,21)22)15-7-5-4-6-8-15/h15H,3-14H2,1-2H3. The average Bonchev–Trinajstić information content (AvgIpc) is 2.54. The molecule has 7 heteroatoms. The number of amides is 1. The van der Waals surface area contributed by atoms with Gasteiger partial charge in [-0.05, 0) is 19.4 Å². The zero-order valence-electron chi connectivity index (χ0n) is 14.5. The third-order valence-electron chi connectivity index (χ3n) is 5.13. The van der Waals surface area contributed by atoms with Gasteiger partial charge in [-0.15, -0.1) is 0 Å². The summed E-state index contributed by atoms with van der Waals surface area (Å²) >= 11 is 0. The zero-order chi connectivity index (χ0) is 16.9. The molecule has 1 saturated carbocycles. The Morgan fingerprint density at radius 2 is 1.70 bits per heavy atom. The van der Waals surface area contributed by atoms with Gasteiger partial charge in [0.05, 0.1) is 6.26 Å². The van der Waals surface area contributed by atoms with E-state index in [0.29, 0.717) is 13.0 Å². The minimum Gasteiger partial charge on any atom is -0.340 e. The van der Waals surface area contributed by atoms with Crippen molar-refractivity contribution in [2.45, 2.75) is 51.5 Å². The van der Waals surface area contributed by atoms with Gasteiger partial charge >= 0.3 is 0 Å². The number of rotatable bonds is 6. The molecule has 0 spiro atoms. The second-order valence-corrected chi connectivity index (χ2v) is 8.67. The predicted molar refractivity (Wildman–Crippen MR) is 91.7 cm³/mol. The Morgan fingerprint density at radius 3 is 2.22 bits per heavy atom. The van der Waals surface area contributed by atoms with E-state index in [1.54, 1.807) is 4.31 Å². The normalized spacial score (nSPS) is 21.8. The van der Waals surface area contributed by atoms with Crippen LogP contribution in [0.1, 0.15) is 45.4 Å². The summed E-state index contributed by atoms with van der Waals surface area (Å²) in [6, 6.07) is 0.0866. The summed E-state index contributed by atoms with van der Waals surface area (Å²) < 4.78 is 25.8. The fourth-order valence-corrected chi connectivity index (χ4v) is 4.84. The molecule has 134 valence electrons. The summed E-state index contributed by atoms with van der Waals surface area (Å²) in [7, 11) is -3.25. The fourth-order valence-electron chi connectivity index (χ4n) is 3.67. The van der Waals surface area contributed by atoms with E-state index in [4.69, 9.17) is 0 Å². The molecule has 0 bridgehead atoms. The Kier molecular flexibility index (Phi) is 6.85. The molecule has 0 aromatic heterocycles. The molecular formula is C16H31N3O3S. The molecule has 6 nitrogen and oxygen atoms in total. The highest BCUT2D eigenvalue weighted by molar-refractivity contribution is 7.88. The largest absolute Gasteiger partial charge is 0.340 e. The molecule has 1 aliphatic heterocycles. The van der Waals surface area contributed by atoms with Gasteiger partial charge in [0.2, 0.25) is 15.9 Å². The molecule has 0 aromatic rings. The molecular weight excluding hydrogens is 314 g/mol. The molecule has 2 aliphatic rings. The Labute approximate surface area is 140 Å². The summed E-state index contributed by atoms with van der Waals surface area (Å²) in [6.07, 6.45) is 6.79. The fraction of sp³-hybridized carbons (Fsp3) is 0.938. The Balaban J connectivity index is 1.87. The summed E-state index contributed by atoms with van der Waals surface area (Å²) in [4.78, 5) is 16.6. The van der Waals surface area contributed by atoms with Gasteiger partial charge in [-0.1, -0.05) is 26.2 Å². The highest BCUT2D eigenvalue weighted by Gasteiger charge is 2.29. The van der Waals surface area contributed by atoms with Crippen LogP contribution >= 0.6 is 0 Å². The SMILES string of the molecule is CCN1CCN(C(=O)CCN(C2CCCCC2)S(C)(=O)=O)CC1. The van der Waals surface area contributed by atoms with Crippen molar-refractivity contribution in [3.8, 4) is 0 Å². The highest BCUT2D eigenvalue weighted by Crippen LogP contribution is 2.24. The van der Waals surface area contributed by atoms with E-state index in [9.17, 15) is 13.2 Å². The Morgan fingerprint density at radius 1 is 1.09 bits per heavy atom. The van der Waals surface area contributed by atoms with Crippen molar-refractivity contribution in [1.82, 2.24) is 14.1 Å². The van der Waals surface area contributed by atoms with Crippen molar-refractivity contribution in [2.75, 3.05) is 45.5 Å². The minimum atomic E-state index is -3.25. The van der Waals surface area contributed by atoms with Crippen LogP contribution in [-0.4, -0.2) is 80.0 Å². The summed E-state index contributed by atoms with van der Waals surface area (Å²) in [6.45, 7) is 6.83. The maximum Gasteiger partial charge on any atom is 0.223 e. The van der Waals surface area contributed by atoms with E-state index < -0.39 is 10.0 Å². The van der Waals surface area contributed by atoms with Crippen LogP contribution < -0.4 is 0 Å². The zero-order valence-corrected chi connectivity index (χ0v) is 15.4. The van der Waals surface area contributed by atoms with Crippen molar-refractivity contribution in [3.05, 3.63) is 0 Å². The lowest BCUT2D eigenvalue weighted by molar-refractivity contribution is -0.133. The number of piperazine rings is 1. The third-order valence-corrected chi connectivity index (χ3v) is 6.46. The first-order valence-corrected chi connectivity index (χ1v) is 10.7. The lowest BCUT2D eigenvalue weighted by atomic mass is 9.95. The second kappa shape index (κ2) is 8.44. The first-order valence-electron chi connectivity index (χ1n) is 8.88. The third kappa shape index (κ3) is 5.43. The van der Waals surface area contributed by atoms with E-state index >= 15 is 0 Å². The molecule has 0 unspecified atom stereocenters. The molecule has 0 aromatic carbocycles. The molecule has 1 amide bonds. The van der Waals surface area contributed by atoms with Crippen LogP contribution in [0.15, 0.2) is 0 Å². The minimum absolute atomic E-state index is 0.0866. The van der Waals surface area contributed by atoms with Crippen molar-refractivity contribution >= 4 is 15.9 Å². The summed E-state index contributed by atoms with van der Waals surface area (Å²) in [5.41, 5.74) is 0. The number of hydrogen-bond donors (Lipinski definition) is 0. The van der Waals surface area contributed by atoms with Gasteiger partial charge in [0.15, 0.2) is 0 Å². The predicted octanol–water partition coefficient (Wildman–Crippen LogP) is 1.13. The number of likely N-dealkylation sites (N-methyl/N-ethyl adjacent to an activating group) is 1. The second-order valence-electron chi connectivity index (χ2n) is 6.73. The van der Waals surface area contributed by atoms with Crippen LogP contribution in [0.2, 0.25) is 0 Å². The lowest BCUT2D eigenvalue weighted by Crippen LogP contribution is -2.49. The topological polar surface area (TPSA) is 60.9 Å². The Hall–Kier alpha value is -0.660. The molecule has 1 saturated heterocycles. The van der Waals surface area contributed by atoms with Gasteiger partial charge < -0.3 is 9.80 Å². The van der Waals surface area contributed by atoms with Crippen LogP contribution in [0, 0.1) is 0 Å². The number of carbonyl (C=O) groups is 1. The average molecular weight is 346 g/mol. The lowest BCUT2D eigenvalue weighted by Gasteiger charge is -2.35. The quantitative estimate of drug-likeness (QED) is 0.724. The van der Waals surface area contributed by atoms with Gasteiger partial charge in [-0.3, -0.25) is 4.79 Å². The first kappa shape index (κ1) is 18.7. The van der Waals surface area contributed by atoms with Gasteiger partial charge in [-0.25, -0.2) is 8.42 Å². The number of hydrogen-bond acceptors (Lipinski definition) is 4. The van der Waals surface area contributed by atoms with Crippen LogP contribution in [0.5, 0.6) is 0 Å². The molecule has 0 atom stereocenters. The molecule has 2 fully saturated rings. The molecule has 1 heterocycles. The Bertz CT molecular complexity index is 481. The summed E-state index contributed by atoms with van der Waals surface area (Å²) in [5, 5.41) is 0. The van der Waals surface area contributed by atoms with Crippen LogP contribution in [0.4, 0.5) is 0 Å². The smallest absolute Gasteiger partial charge is 0.223 e. The van der Waals surface area contributed by atoms with Gasteiger partial charge in [0.25, 0.3) is 0 Å². The van der Waals surface area contributed by atoms with Gasteiger partial charge in [-0.2, -0.15) is 4.31 Å². The van der Waals surface area contributed by atoms with Crippen molar-refractivity contribution in [1.29, 1.82) is 0 Å². The molecule has 0 radical (unpaired) electrons. The number of nitrogens with zero attached hydrogens (tertiary/aromatic N) is 3. The monoisotopic (exact) mass is 345 g/mol. The van der Waals surface area contributed by atoms with Crippen molar-refractivity contribution in [2.24, 2.45) is 0 Å². The number of sulfonamides is 1. The van der Waals surface area contributed by atoms with Crippen LogP contribution in [0.25, 0.3) is 0 Å². The molecule has 0 N–H and O–H groups in total.